The topological polar surface area (TPSA) is 42.0 Å². The van der Waals surface area contributed by atoms with Gasteiger partial charge >= 0.3 is 0 Å². The fraction of sp³-hybridized carbons (Fsp3) is 0.250. The molecule has 0 saturated carbocycles. The summed E-state index contributed by atoms with van der Waals surface area (Å²) in [4.78, 5) is 16.0. The highest BCUT2D eigenvalue weighted by Gasteiger charge is 2.13. The van der Waals surface area contributed by atoms with Gasteiger partial charge in [0, 0.05) is 28.9 Å². The van der Waals surface area contributed by atoms with E-state index in [1.807, 2.05) is 25.1 Å². The van der Waals surface area contributed by atoms with Crippen LogP contribution in [0.15, 0.2) is 42.7 Å². The lowest BCUT2D eigenvalue weighted by Crippen LogP contribution is -2.27. The Labute approximate surface area is 134 Å². The van der Waals surface area contributed by atoms with Gasteiger partial charge in [-0.1, -0.05) is 35.3 Å². The molecule has 0 fully saturated rings. The number of halogens is 2. The molecule has 1 heterocycles. The molecule has 1 atom stereocenters. The minimum Gasteiger partial charge on any atom is -0.350 e. The summed E-state index contributed by atoms with van der Waals surface area (Å²) < 4.78 is 0. The van der Waals surface area contributed by atoms with E-state index in [2.05, 4.69) is 10.3 Å². The van der Waals surface area contributed by atoms with Gasteiger partial charge in [-0.2, -0.15) is 0 Å². The maximum Gasteiger partial charge on any atom is 0.220 e. The van der Waals surface area contributed by atoms with Gasteiger partial charge in [-0.15, -0.1) is 0 Å². The molecule has 0 spiro atoms. The number of rotatable bonds is 5. The molecule has 2 rings (SSSR count). The fourth-order valence-corrected chi connectivity index (χ4v) is 2.62. The lowest BCUT2D eigenvalue weighted by Gasteiger charge is -2.16. The fourth-order valence-electron chi connectivity index (χ4n) is 2.05. The zero-order valence-corrected chi connectivity index (χ0v) is 13.2. The first kappa shape index (κ1) is 15.8. The van der Waals surface area contributed by atoms with Gasteiger partial charge in [-0.3, -0.25) is 9.78 Å². The van der Waals surface area contributed by atoms with Crippen molar-refractivity contribution < 1.29 is 4.79 Å². The summed E-state index contributed by atoms with van der Waals surface area (Å²) in [6.07, 6.45) is 4.57. The van der Waals surface area contributed by atoms with E-state index in [9.17, 15) is 4.79 Å². The van der Waals surface area contributed by atoms with Gasteiger partial charge in [0.15, 0.2) is 0 Å². The van der Waals surface area contributed by atoms with Crippen LogP contribution in [0, 0.1) is 0 Å². The number of pyridine rings is 1. The number of aromatic nitrogens is 1. The number of aryl methyl sites for hydroxylation is 1. The van der Waals surface area contributed by atoms with Crippen LogP contribution in [0.25, 0.3) is 0 Å². The number of benzene rings is 1. The van der Waals surface area contributed by atoms with Crippen molar-refractivity contribution in [1.82, 2.24) is 10.3 Å². The molecule has 5 heteroatoms. The molecule has 110 valence electrons. The van der Waals surface area contributed by atoms with E-state index in [1.165, 1.54) is 0 Å². The van der Waals surface area contributed by atoms with Crippen molar-refractivity contribution >= 4 is 29.1 Å². The second kappa shape index (κ2) is 7.43. The predicted octanol–water partition coefficient (Wildman–Crippen LogP) is 4.20. The number of hydrogen-bond donors (Lipinski definition) is 1. The first-order valence-electron chi connectivity index (χ1n) is 6.69. The molecule has 0 unspecified atom stereocenters. The number of hydrogen-bond acceptors (Lipinski definition) is 2. The lowest BCUT2D eigenvalue weighted by molar-refractivity contribution is -0.121. The van der Waals surface area contributed by atoms with Crippen LogP contribution in [-0.4, -0.2) is 10.9 Å². The Kier molecular flexibility index (Phi) is 5.59. The minimum atomic E-state index is -0.156. The quantitative estimate of drug-likeness (QED) is 0.896. The second-order valence-electron chi connectivity index (χ2n) is 4.82. The Morgan fingerprint density at radius 3 is 2.81 bits per heavy atom. The summed E-state index contributed by atoms with van der Waals surface area (Å²) in [6, 6.07) is 8.94. The van der Waals surface area contributed by atoms with E-state index in [0.29, 0.717) is 22.9 Å². The molecular formula is C16H16Cl2N2O. The maximum atomic E-state index is 12.0. The number of amides is 1. The molecule has 21 heavy (non-hydrogen) atoms. The lowest BCUT2D eigenvalue weighted by atomic mass is 10.1. The van der Waals surface area contributed by atoms with Crippen molar-refractivity contribution in [2.24, 2.45) is 0 Å². The van der Waals surface area contributed by atoms with Crippen LogP contribution in [0.1, 0.15) is 30.5 Å². The third kappa shape index (κ3) is 4.73. The third-order valence-corrected chi connectivity index (χ3v) is 3.73. The van der Waals surface area contributed by atoms with Crippen LogP contribution in [0.4, 0.5) is 0 Å². The molecule has 3 nitrogen and oxygen atoms in total. The Bertz CT molecular complexity index is 617. The molecule has 0 radical (unpaired) electrons. The second-order valence-corrected chi connectivity index (χ2v) is 5.66. The summed E-state index contributed by atoms with van der Waals surface area (Å²) in [7, 11) is 0. The Morgan fingerprint density at radius 1 is 1.33 bits per heavy atom. The van der Waals surface area contributed by atoms with E-state index >= 15 is 0 Å². The smallest absolute Gasteiger partial charge is 0.220 e. The SMILES string of the molecule is C[C@@H](NC(=O)CCc1cccnc1)c1ccc(Cl)cc1Cl. The van der Waals surface area contributed by atoms with Crippen LogP contribution >= 0.6 is 23.2 Å². The molecule has 1 aromatic heterocycles. The molecule has 0 aliphatic heterocycles. The Hall–Kier alpha value is -1.58. The average Bonchev–Trinajstić information content (AvgIpc) is 2.46. The molecule has 0 saturated heterocycles. The molecule has 1 amide bonds. The summed E-state index contributed by atoms with van der Waals surface area (Å²) in [5, 5.41) is 4.08. The van der Waals surface area contributed by atoms with Gasteiger partial charge in [0.2, 0.25) is 5.91 Å². The highest BCUT2D eigenvalue weighted by atomic mass is 35.5. The first-order chi connectivity index (χ1) is 10.1. The molecule has 1 N–H and O–H groups in total. The molecule has 0 aliphatic rings. The molecule has 0 bridgehead atoms. The van der Waals surface area contributed by atoms with Crippen LogP contribution in [-0.2, 0) is 11.2 Å². The van der Waals surface area contributed by atoms with E-state index in [-0.39, 0.29) is 11.9 Å². The zero-order chi connectivity index (χ0) is 15.2. The Morgan fingerprint density at radius 2 is 2.14 bits per heavy atom. The Balaban J connectivity index is 1.90. The van der Waals surface area contributed by atoms with Crippen molar-refractivity contribution in [3.8, 4) is 0 Å². The van der Waals surface area contributed by atoms with Crippen molar-refractivity contribution in [1.29, 1.82) is 0 Å². The number of nitrogens with one attached hydrogen (secondary N) is 1. The van der Waals surface area contributed by atoms with E-state index < -0.39 is 0 Å². The summed E-state index contributed by atoms with van der Waals surface area (Å²) in [5.41, 5.74) is 1.90. The van der Waals surface area contributed by atoms with Crippen molar-refractivity contribution in [2.45, 2.75) is 25.8 Å². The van der Waals surface area contributed by atoms with Crippen molar-refractivity contribution in [2.75, 3.05) is 0 Å². The predicted molar refractivity (Wildman–Crippen MR) is 85.6 cm³/mol. The highest BCUT2D eigenvalue weighted by Crippen LogP contribution is 2.26. The maximum absolute atomic E-state index is 12.0. The van der Waals surface area contributed by atoms with Crippen LogP contribution in [0.5, 0.6) is 0 Å². The van der Waals surface area contributed by atoms with Gasteiger partial charge < -0.3 is 5.32 Å². The van der Waals surface area contributed by atoms with Gasteiger partial charge in [0.1, 0.15) is 0 Å². The standard InChI is InChI=1S/C16H16Cl2N2O/c1-11(14-6-5-13(17)9-15(14)18)20-16(21)7-4-12-3-2-8-19-10-12/h2-3,5-6,8-11H,4,7H2,1H3,(H,20,21)/t11-/m1/s1. The number of carbonyl (C=O) groups excluding carboxylic acids is 1. The van der Waals surface area contributed by atoms with Crippen LogP contribution in [0.3, 0.4) is 0 Å². The minimum absolute atomic E-state index is 0.0163. The normalized spacial score (nSPS) is 12.0. The van der Waals surface area contributed by atoms with E-state index in [0.717, 1.165) is 11.1 Å². The summed E-state index contributed by atoms with van der Waals surface area (Å²) in [5.74, 6) is -0.0163. The summed E-state index contributed by atoms with van der Waals surface area (Å²) >= 11 is 12.0. The van der Waals surface area contributed by atoms with Crippen molar-refractivity contribution in [3.63, 3.8) is 0 Å². The molecule has 0 aliphatic carbocycles. The third-order valence-electron chi connectivity index (χ3n) is 3.17. The number of carbonyl (C=O) groups is 1. The van der Waals surface area contributed by atoms with Gasteiger partial charge in [-0.25, -0.2) is 0 Å². The van der Waals surface area contributed by atoms with Crippen molar-refractivity contribution in [3.05, 3.63) is 63.9 Å². The summed E-state index contributed by atoms with van der Waals surface area (Å²) in [6.45, 7) is 1.90. The van der Waals surface area contributed by atoms with Gasteiger partial charge in [-0.05, 0) is 42.7 Å². The number of nitrogens with zero attached hydrogens (tertiary/aromatic N) is 1. The van der Waals surface area contributed by atoms with Crippen LogP contribution in [0.2, 0.25) is 10.0 Å². The highest BCUT2D eigenvalue weighted by molar-refractivity contribution is 6.35. The molecule has 2 aromatic rings. The monoisotopic (exact) mass is 322 g/mol. The molecular weight excluding hydrogens is 307 g/mol. The zero-order valence-electron chi connectivity index (χ0n) is 11.6. The van der Waals surface area contributed by atoms with Crippen LogP contribution < -0.4 is 5.32 Å². The average molecular weight is 323 g/mol. The van der Waals surface area contributed by atoms with E-state index in [4.69, 9.17) is 23.2 Å². The largest absolute Gasteiger partial charge is 0.350 e. The van der Waals surface area contributed by atoms with Gasteiger partial charge in [0.25, 0.3) is 0 Å². The van der Waals surface area contributed by atoms with Gasteiger partial charge in [0.05, 0.1) is 6.04 Å². The first-order valence-corrected chi connectivity index (χ1v) is 7.45. The molecule has 1 aromatic carbocycles. The van der Waals surface area contributed by atoms with E-state index in [1.54, 1.807) is 24.5 Å².